The molecule has 0 N–H and O–H groups in total. The van der Waals surface area contributed by atoms with Crippen LogP contribution in [0.25, 0.3) is 10.8 Å². The van der Waals surface area contributed by atoms with Crippen LogP contribution >= 0.6 is 0 Å². The van der Waals surface area contributed by atoms with Crippen molar-refractivity contribution in [2.24, 2.45) is 7.05 Å². The van der Waals surface area contributed by atoms with E-state index in [4.69, 9.17) is 0 Å². The first-order valence-corrected chi connectivity index (χ1v) is 7.82. The predicted molar refractivity (Wildman–Crippen MR) is 87.5 cm³/mol. The Labute approximate surface area is 130 Å². The van der Waals surface area contributed by atoms with E-state index in [1.54, 1.807) is 0 Å². The van der Waals surface area contributed by atoms with Crippen LogP contribution in [0.2, 0.25) is 0 Å². The Balaban J connectivity index is 1.62. The fourth-order valence-electron chi connectivity index (χ4n) is 3.38. The second kappa shape index (κ2) is 5.21. The maximum absolute atomic E-state index is 4.30. The van der Waals surface area contributed by atoms with Crippen LogP contribution in [0.3, 0.4) is 0 Å². The van der Waals surface area contributed by atoms with Gasteiger partial charge in [0.2, 0.25) is 0 Å². The first-order chi connectivity index (χ1) is 10.7. The summed E-state index contributed by atoms with van der Waals surface area (Å²) in [7, 11) is 1.98. The van der Waals surface area contributed by atoms with Gasteiger partial charge in [-0.05, 0) is 29.3 Å². The molecular formula is C18H20N4. The molecular weight excluding hydrogens is 272 g/mol. The van der Waals surface area contributed by atoms with Crippen molar-refractivity contribution in [2.45, 2.75) is 25.9 Å². The predicted octanol–water partition coefficient (Wildman–Crippen LogP) is 3.09. The van der Waals surface area contributed by atoms with Crippen molar-refractivity contribution in [3.05, 3.63) is 59.4 Å². The molecule has 0 spiro atoms. The van der Waals surface area contributed by atoms with E-state index < -0.39 is 0 Å². The molecule has 0 amide bonds. The minimum absolute atomic E-state index is 0.389. The number of fused-ring (bicyclic) bond motifs is 2. The molecule has 3 aromatic rings. The van der Waals surface area contributed by atoms with Gasteiger partial charge in [0.25, 0.3) is 0 Å². The quantitative estimate of drug-likeness (QED) is 0.728. The SMILES string of the molecule is CC(c1ccc2ccccc2c1)N1CCc2c(nnn2C)C1. The minimum Gasteiger partial charge on any atom is -0.290 e. The molecule has 4 nitrogen and oxygen atoms in total. The fourth-order valence-corrected chi connectivity index (χ4v) is 3.38. The summed E-state index contributed by atoms with van der Waals surface area (Å²) >= 11 is 0. The number of hydrogen-bond acceptors (Lipinski definition) is 3. The minimum atomic E-state index is 0.389. The highest BCUT2D eigenvalue weighted by atomic mass is 15.4. The summed E-state index contributed by atoms with van der Waals surface area (Å²) in [6.07, 6.45) is 1.02. The zero-order chi connectivity index (χ0) is 15.1. The molecule has 1 aliphatic rings. The lowest BCUT2D eigenvalue weighted by atomic mass is 10.00. The Morgan fingerprint density at radius 1 is 1.09 bits per heavy atom. The molecule has 0 saturated heterocycles. The third kappa shape index (κ3) is 2.20. The molecule has 1 aliphatic heterocycles. The maximum Gasteiger partial charge on any atom is 0.0999 e. The average molecular weight is 292 g/mol. The number of nitrogens with zero attached hydrogens (tertiary/aromatic N) is 4. The fraction of sp³-hybridized carbons (Fsp3) is 0.333. The zero-order valence-corrected chi connectivity index (χ0v) is 13.0. The van der Waals surface area contributed by atoms with E-state index in [1.807, 2.05) is 11.7 Å². The summed E-state index contributed by atoms with van der Waals surface area (Å²) in [6.45, 7) is 4.23. The lowest BCUT2D eigenvalue weighted by Crippen LogP contribution is -2.33. The molecule has 22 heavy (non-hydrogen) atoms. The normalized spacial score (nSPS) is 16.6. The summed E-state index contributed by atoms with van der Waals surface area (Å²) in [5, 5.41) is 11.1. The van der Waals surface area contributed by atoms with Crippen LogP contribution in [0.1, 0.15) is 29.9 Å². The largest absolute Gasteiger partial charge is 0.290 e. The molecule has 112 valence electrons. The molecule has 2 aromatic carbocycles. The Bertz CT molecular complexity index is 821. The highest BCUT2D eigenvalue weighted by Crippen LogP contribution is 2.28. The maximum atomic E-state index is 4.30. The number of aromatic nitrogens is 3. The van der Waals surface area contributed by atoms with Crippen LogP contribution in [-0.2, 0) is 20.0 Å². The van der Waals surface area contributed by atoms with Gasteiger partial charge in [-0.15, -0.1) is 5.10 Å². The van der Waals surface area contributed by atoms with Gasteiger partial charge in [-0.3, -0.25) is 9.58 Å². The Hall–Kier alpha value is -2.20. The molecule has 1 atom stereocenters. The zero-order valence-electron chi connectivity index (χ0n) is 13.0. The Morgan fingerprint density at radius 2 is 1.91 bits per heavy atom. The molecule has 1 unspecified atom stereocenters. The third-order valence-electron chi connectivity index (χ3n) is 4.82. The number of aryl methyl sites for hydroxylation is 1. The monoisotopic (exact) mass is 292 g/mol. The average Bonchev–Trinajstić information content (AvgIpc) is 2.94. The van der Waals surface area contributed by atoms with Crippen molar-refractivity contribution in [1.29, 1.82) is 0 Å². The van der Waals surface area contributed by atoms with Crippen molar-refractivity contribution in [3.8, 4) is 0 Å². The van der Waals surface area contributed by atoms with Crippen LogP contribution < -0.4 is 0 Å². The Morgan fingerprint density at radius 3 is 2.77 bits per heavy atom. The van der Waals surface area contributed by atoms with Crippen LogP contribution in [0.5, 0.6) is 0 Å². The van der Waals surface area contributed by atoms with Crippen molar-refractivity contribution < 1.29 is 0 Å². The summed E-state index contributed by atoms with van der Waals surface area (Å²) in [6, 6.07) is 15.7. The molecule has 4 rings (SSSR count). The summed E-state index contributed by atoms with van der Waals surface area (Å²) in [5.74, 6) is 0. The molecule has 0 bridgehead atoms. The van der Waals surface area contributed by atoms with E-state index in [-0.39, 0.29) is 0 Å². The van der Waals surface area contributed by atoms with Gasteiger partial charge >= 0.3 is 0 Å². The van der Waals surface area contributed by atoms with E-state index in [0.717, 1.165) is 25.2 Å². The van der Waals surface area contributed by atoms with Gasteiger partial charge in [0.1, 0.15) is 0 Å². The van der Waals surface area contributed by atoms with Crippen LogP contribution in [0.4, 0.5) is 0 Å². The second-order valence-electron chi connectivity index (χ2n) is 6.11. The van der Waals surface area contributed by atoms with Crippen LogP contribution in [-0.4, -0.2) is 26.4 Å². The van der Waals surface area contributed by atoms with Crippen LogP contribution in [0, 0.1) is 0 Å². The number of rotatable bonds is 2. The van der Waals surface area contributed by atoms with Gasteiger partial charge in [-0.2, -0.15) is 0 Å². The van der Waals surface area contributed by atoms with Crippen molar-refractivity contribution >= 4 is 10.8 Å². The molecule has 4 heteroatoms. The first kappa shape index (κ1) is 13.5. The van der Waals surface area contributed by atoms with Gasteiger partial charge in [-0.1, -0.05) is 41.6 Å². The smallest absolute Gasteiger partial charge is 0.0999 e. The van der Waals surface area contributed by atoms with Gasteiger partial charge in [0, 0.05) is 32.6 Å². The standard InChI is InChI=1S/C18H20N4/c1-13(15-8-7-14-5-3-4-6-16(14)11-15)22-10-9-18-17(12-22)19-20-21(18)2/h3-8,11,13H,9-10,12H2,1-2H3. The molecule has 1 aromatic heterocycles. The van der Waals surface area contributed by atoms with Gasteiger partial charge in [0.15, 0.2) is 0 Å². The summed E-state index contributed by atoms with van der Waals surface area (Å²) in [5.41, 5.74) is 3.77. The van der Waals surface area contributed by atoms with E-state index in [0.29, 0.717) is 6.04 Å². The lowest BCUT2D eigenvalue weighted by Gasteiger charge is -2.32. The number of benzene rings is 2. The summed E-state index contributed by atoms with van der Waals surface area (Å²) in [4.78, 5) is 2.49. The van der Waals surface area contributed by atoms with Crippen molar-refractivity contribution in [3.63, 3.8) is 0 Å². The van der Waals surface area contributed by atoms with E-state index in [2.05, 4.69) is 64.6 Å². The second-order valence-corrected chi connectivity index (χ2v) is 6.11. The summed E-state index contributed by atoms with van der Waals surface area (Å²) < 4.78 is 1.91. The Kier molecular flexibility index (Phi) is 3.19. The molecule has 0 saturated carbocycles. The topological polar surface area (TPSA) is 34.0 Å². The lowest BCUT2D eigenvalue weighted by molar-refractivity contribution is 0.188. The highest BCUT2D eigenvalue weighted by molar-refractivity contribution is 5.83. The molecule has 0 aliphatic carbocycles. The van der Waals surface area contributed by atoms with Gasteiger partial charge < -0.3 is 0 Å². The highest BCUT2D eigenvalue weighted by Gasteiger charge is 2.25. The van der Waals surface area contributed by atoms with Crippen molar-refractivity contribution in [1.82, 2.24) is 19.9 Å². The third-order valence-corrected chi connectivity index (χ3v) is 4.82. The van der Waals surface area contributed by atoms with Crippen molar-refractivity contribution in [2.75, 3.05) is 6.54 Å². The van der Waals surface area contributed by atoms with Gasteiger partial charge in [-0.25, -0.2) is 0 Å². The van der Waals surface area contributed by atoms with Crippen LogP contribution in [0.15, 0.2) is 42.5 Å². The molecule has 2 heterocycles. The molecule has 0 fully saturated rings. The first-order valence-electron chi connectivity index (χ1n) is 7.82. The van der Waals surface area contributed by atoms with Gasteiger partial charge in [0.05, 0.1) is 11.4 Å². The number of hydrogen-bond donors (Lipinski definition) is 0. The molecule has 0 radical (unpaired) electrons. The van der Waals surface area contributed by atoms with E-state index in [9.17, 15) is 0 Å². The van der Waals surface area contributed by atoms with E-state index >= 15 is 0 Å². The van der Waals surface area contributed by atoms with E-state index in [1.165, 1.54) is 22.0 Å².